The van der Waals surface area contributed by atoms with E-state index >= 15 is 0 Å². The van der Waals surface area contributed by atoms with E-state index in [2.05, 4.69) is 52.4 Å². The van der Waals surface area contributed by atoms with Gasteiger partial charge in [0, 0.05) is 21.5 Å². The monoisotopic (exact) mass is 391 g/mol. The molecule has 5 rings (SSSR count). The molecular formula is C22H17NO2S2. The number of benzene rings is 2. The zero-order valence-corrected chi connectivity index (χ0v) is 16.3. The van der Waals surface area contributed by atoms with Crippen molar-refractivity contribution in [2.75, 3.05) is 7.11 Å². The third-order valence-electron chi connectivity index (χ3n) is 4.81. The molecule has 134 valence electrons. The Morgan fingerprint density at radius 3 is 2.19 bits per heavy atom. The van der Waals surface area contributed by atoms with Crippen molar-refractivity contribution in [3.8, 4) is 27.6 Å². The fraction of sp³-hybridized carbons (Fsp3) is 0.0455. The standard InChI is InChI=1S/C22H17NO2S2/c1-25(2)20-13-26-11-16(20)22-21(24)19(12-27-22)23-17-9-5-3-7-14(17)15-8-4-6-10-18(15)23/h3-13,24H,1H2,2H3. The molecule has 27 heavy (non-hydrogen) atoms. The molecule has 0 spiro atoms. The second kappa shape index (κ2) is 6.15. The minimum atomic E-state index is 0.300. The molecule has 0 saturated heterocycles. The molecule has 5 aromatic rings. The van der Waals surface area contributed by atoms with Crippen LogP contribution in [0.15, 0.2) is 64.7 Å². The highest BCUT2D eigenvalue weighted by molar-refractivity contribution is 7.15. The SMILES string of the molecule is [CH2-][O+](C)c1cscc1-c1scc(-n2c3ccccc3c3ccccc32)c1O. The summed E-state index contributed by atoms with van der Waals surface area (Å²) < 4.78 is 4.81. The molecule has 0 aliphatic carbocycles. The molecular weight excluding hydrogens is 374 g/mol. The summed E-state index contributed by atoms with van der Waals surface area (Å²) in [4.78, 5) is 0.853. The highest BCUT2D eigenvalue weighted by Gasteiger charge is 2.22. The first-order valence-electron chi connectivity index (χ1n) is 8.48. The van der Waals surface area contributed by atoms with Gasteiger partial charge in [0.2, 0.25) is 5.75 Å². The van der Waals surface area contributed by atoms with Crippen LogP contribution in [-0.4, -0.2) is 16.8 Å². The van der Waals surface area contributed by atoms with Crippen LogP contribution >= 0.6 is 22.7 Å². The van der Waals surface area contributed by atoms with Gasteiger partial charge < -0.3 is 14.0 Å². The van der Waals surface area contributed by atoms with Crippen molar-refractivity contribution in [3.63, 3.8) is 0 Å². The highest BCUT2D eigenvalue weighted by atomic mass is 32.1. The van der Waals surface area contributed by atoms with Crippen LogP contribution in [0.5, 0.6) is 11.5 Å². The maximum Gasteiger partial charge on any atom is 0.246 e. The first kappa shape index (κ1) is 16.4. The Kier molecular flexibility index (Phi) is 3.74. The van der Waals surface area contributed by atoms with E-state index in [0.717, 1.165) is 32.9 Å². The Hall–Kier alpha value is -2.76. The molecule has 0 amide bonds. The van der Waals surface area contributed by atoms with Crippen LogP contribution in [0.4, 0.5) is 0 Å². The van der Waals surface area contributed by atoms with E-state index in [1.807, 2.05) is 35.4 Å². The lowest BCUT2D eigenvalue weighted by Crippen LogP contribution is -1.92. The van der Waals surface area contributed by atoms with E-state index in [0.29, 0.717) is 5.75 Å². The van der Waals surface area contributed by atoms with Crippen LogP contribution in [0, 0.1) is 7.11 Å². The summed E-state index contributed by atoms with van der Waals surface area (Å²) in [5, 5.41) is 19.6. The predicted molar refractivity (Wildman–Crippen MR) is 115 cm³/mol. The number of para-hydroxylation sites is 2. The van der Waals surface area contributed by atoms with E-state index < -0.39 is 0 Å². The van der Waals surface area contributed by atoms with Gasteiger partial charge in [-0.15, -0.1) is 22.7 Å². The van der Waals surface area contributed by atoms with Crippen LogP contribution in [0.3, 0.4) is 0 Å². The summed E-state index contributed by atoms with van der Waals surface area (Å²) in [5.74, 6) is 1.24. The average Bonchev–Trinajstić information content (AvgIpc) is 3.37. The lowest BCUT2D eigenvalue weighted by molar-refractivity contribution is 0.0936. The van der Waals surface area contributed by atoms with Crippen molar-refractivity contribution in [3.05, 3.63) is 71.8 Å². The third-order valence-corrected chi connectivity index (χ3v) is 6.53. The van der Waals surface area contributed by atoms with Crippen LogP contribution < -0.4 is 0 Å². The smallest absolute Gasteiger partial charge is 0.246 e. The molecule has 0 aliphatic heterocycles. The van der Waals surface area contributed by atoms with Gasteiger partial charge in [-0.1, -0.05) is 36.4 Å². The van der Waals surface area contributed by atoms with Crippen molar-refractivity contribution < 1.29 is 9.47 Å². The second-order valence-corrected chi connectivity index (χ2v) is 8.08. The molecule has 3 aromatic heterocycles. The molecule has 0 radical (unpaired) electrons. The lowest BCUT2D eigenvalue weighted by Gasteiger charge is -2.20. The molecule has 2 aromatic carbocycles. The van der Waals surface area contributed by atoms with Crippen LogP contribution in [-0.2, 0) is 4.37 Å². The van der Waals surface area contributed by atoms with Gasteiger partial charge in [0.05, 0.1) is 32.5 Å². The molecule has 0 aliphatic rings. The maximum atomic E-state index is 11.1. The number of fused-ring (bicyclic) bond motifs is 3. The van der Waals surface area contributed by atoms with Crippen LogP contribution in [0.2, 0.25) is 0 Å². The quantitative estimate of drug-likeness (QED) is 0.261. The average molecular weight is 392 g/mol. The molecule has 3 heterocycles. The van der Waals surface area contributed by atoms with E-state index in [4.69, 9.17) is 0 Å². The molecule has 1 N–H and O–H groups in total. The Labute approximate surface area is 165 Å². The topological polar surface area (TPSA) is 27.9 Å². The third kappa shape index (κ3) is 2.39. The number of hydrogen-bond donors (Lipinski definition) is 1. The minimum absolute atomic E-state index is 0.300. The molecule has 0 saturated carbocycles. The largest absolute Gasteiger partial charge is 0.713 e. The van der Waals surface area contributed by atoms with Gasteiger partial charge in [-0.25, -0.2) is 0 Å². The summed E-state index contributed by atoms with van der Waals surface area (Å²) in [6, 6.07) is 16.6. The Morgan fingerprint density at radius 1 is 0.926 bits per heavy atom. The molecule has 0 fully saturated rings. The van der Waals surface area contributed by atoms with Gasteiger partial charge in [0.15, 0.2) is 5.75 Å². The highest BCUT2D eigenvalue weighted by Crippen LogP contribution is 2.48. The number of rotatable bonds is 3. The molecule has 3 nitrogen and oxygen atoms in total. The summed E-state index contributed by atoms with van der Waals surface area (Å²) in [7, 11) is 5.75. The Morgan fingerprint density at radius 2 is 1.56 bits per heavy atom. The van der Waals surface area contributed by atoms with Gasteiger partial charge in [-0.05, 0) is 19.2 Å². The van der Waals surface area contributed by atoms with Crippen molar-refractivity contribution >= 4 is 44.5 Å². The van der Waals surface area contributed by atoms with Crippen molar-refractivity contribution in [1.29, 1.82) is 0 Å². The van der Waals surface area contributed by atoms with E-state index in [1.54, 1.807) is 22.7 Å². The van der Waals surface area contributed by atoms with Gasteiger partial charge in [-0.2, -0.15) is 0 Å². The fourth-order valence-electron chi connectivity index (χ4n) is 3.60. The zero-order valence-electron chi connectivity index (χ0n) is 14.7. The second-order valence-electron chi connectivity index (χ2n) is 6.46. The van der Waals surface area contributed by atoms with Gasteiger partial charge >= 0.3 is 0 Å². The van der Waals surface area contributed by atoms with Gasteiger partial charge in [0.25, 0.3) is 0 Å². The molecule has 0 unspecified atom stereocenters. The first-order valence-corrected chi connectivity index (χ1v) is 10.3. The van der Waals surface area contributed by atoms with Crippen LogP contribution in [0.1, 0.15) is 0 Å². The van der Waals surface area contributed by atoms with E-state index in [9.17, 15) is 5.11 Å². The van der Waals surface area contributed by atoms with Crippen molar-refractivity contribution in [2.45, 2.75) is 0 Å². The van der Waals surface area contributed by atoms with E-state index in [1.165, 1.54) is 10.8 Å². The minimum Gasteiger partial charge on any atom is -0.713 e. The van der Waals surface area contributed by atoms with Crippen LogP contribution in [0.25, 0.3) is 37.9 Å². The number of thiophene rings is 2. The summed E-state index contributed by atoms with van der Waals surface area (Å²) in [5.41, 5.74) is 3.97. The van der Waals surface area contributed by atoms with Crippen molar-refractivity contribution in [1.82, 2.24) is 4.57 Å². The zero-order chi connectivity index (χ0) is 18.5. The van der Waals surface area contributed by atoms with Crippen molar-refractivity contribution in [2.24, 2.45) is 0 Å². The Balaban J connectivity index is 1.80. The molecule has 0 atom stereocenters. The lowest BCUT2D eigenvalue weighted by atomic mass is 10.2. The summed E-state index contributed by atoms with van der Waals surface area (Å²) in [6.07, 6.45) is 0. The predicted octanol–water partition coefficient (Wildman–Crippen LogP) is 6.97. The summed E-state index contributed by atoms with van der Waals surface area (Å²) >= 11 is 3.15. The van der Waals surface area contributed by atoms with E-state index in [-0.39, 0.29) is 0 Å². The Bertz CT molecular complexity index is 1220. The molecule has 0 bridgehead atoms. The first-order chi connectivity index (χ1) is 13.2. The maximum absolute atomic E-state index is 11.1. The fourth-order valence-corrected chi connectivity index (χ4v) is 5.47. The molecule has 5 heteroatoms. The number of hydrogen-bond acceptors (Lipinski definition) is 3. The number of aromatic nitrogens is 1. The van der Waals surface area contributed by atoms with Gasteiger partial charge in [0.1, 0.15) is 7.11 Å². The van der Waals surface area contributed by atoms with Gasteiger partial charge in [-0.3, -0.25) is 0 Å². The summed E-state index contributed by atoms with van der Waals surface area (Å²) in [6.45, 7) is 0. The normalized spacial score (nSPS) is 11.5. The number of aromatic hydroxyl groups is 1. The number of nitrogens with zero attached hydrogens (tertiary/aromatic N) is 1.